The molecule has 0 heterocycles. The fourth-order valence-electron chi connectivity index (χ4n) is 3.02. The van der Waals surface area contributed by atoms with Crippen LogP contribution in [0.25, 0.3) is 0 Å². The van der Waals surface area contributed by atoms with Crippen molar-refractivity contribution in [2.24, 2.45) is 5.92 Å². The molecule has 1 aliphatic rings. The minimum atomic E-state index is 0.390. The van der Waals surface area contributed by atoms with Crippen LogP contribution >= 0.6 is 0 Å². The van der Waals surface area contributed by atoms with Crippen molar-refractivity contribution in [2.45, 2.75) is 65.7 Å². The molecular weight excluding hydrogens is 232 g/mol. The molecule has 0 radical (unpaired) electrons. The number of ketones is 1. The summed E-state index contributed by atoms with van der Waals surface area (Å²) in [5, 5.41) is 0. The zero-order valence-corrected chi connectivity index (χ0v) is 12.6. The molecule has 0 aromatic heterocycles. The van der Waals surface area contributed by atoms with Crippen LogP contribution in [-0.2, 0) is 19.3 Å². The van der Waals surface area contributed by atoms with Gasteiger partial charge < -0.3 is 0 Å². The predicted molar refractivity (Wildman–Crippen MR) is 80.9 cm³/mol. The normalized spacial score (nSPS) is 15.3. The summed E-state index contributed by atoms with van der Waals surface area (Å²) in [7, 11) is 0. The van der Waals surface area contributed by atoms with Crippen LogP contribution in [0, 0.1) is 5.92 Å². The van der Waals surface area contributed by atoms with Crippen LogP contribution in [0.15, 0.2) is 12.1 Å². The predicted octanol–water partition coefficient (Wildman–Crippen LogP) is 4.75. The summed E-state index contributed by atoms with van der Waals surface area (Å²) in [5.74, 6) is 1.05. The number of carbonyl (C=O) groups is 1. The van der Waals surface area contributed by atoms with Gasteiger partial charge in [0.05, 0.1) is 0 Å². The minimum Gasteiger partial charge on any atom is -0.294 e. The Bertz CT molecular complexity index is 430. The molecule has 0 amide bonds. The molecule has 1 fully saturated rings. The third kappa shape index (κ3) is 3.08. The Morgan fingerprint density at radius 2 is 1.63 bits per heavy atom. The van der Waals surface area contributed by atoms with Gasteiger partial charge >= 0.3 is 0 Å². The third-order valence-electron chi connectivity index (χ3n) is 4.51. The summed E-state index contributed by atoms with van der Waals surface area (Å²) in [6.45, 7) is 6.51. The van der Waals surface area contributed by atoms with Crippen molar-refractivity contribution in [1.82, 2.24) is 0 Å². The number of rotatable bonds is 6. The summed E-state index contributed by atoms with van der Waals surface area (Å²) >= 11 is 0. The Balaban J connectivity index is 2.32. The van der Waals surface area contributed by atoms with E-state index in [1.807, 2.05) is 0 Å². The second-order valence-corrected chi connectivity index (χ2v) is 5.77. The minimum absolute atomic E-state index is 0.390. The van der Waals surface area contributed by atoms with Gasteiger partial charge in [0.25, 0.3) is 0 Å². The Kier molecular flexibility index (Phi) is 4.79. The maximum absolute atomic E-state index is 12.6. The molecular formula is C18H26O. The Morgan fingerprint density at radius 3 is 2.00 bits per heavy atom. The monoisotopic (exact) mass is 258 g/mol. The van der Waals surface area contributed by atoms with Gasteiger partial charge in [0, 0.05) is 12.0 Å². The van der Waals surface area contributed by atoms with Crippen molar-refractivity contribution < 1.29 is 4.79 Å². The van der Waals surface area contributed by atoms with Crippen molar-refractivity contribution in [2.75, 3.05) is 0 Å². The Morgan fingerprint density at radius 1 is 1.05 bits per heavy atom. The first kappa shape index (κ1) is 14.3. The average molecular weight is 258 g/mol. The molecule has 104 valence electrons. The van der Waals surface area contributed by atoms with Crippen LogP contribution in [0.5, 0.6) is 0 Å². The Hall–Kier alpha value is -1.11. The molecule has 1 nitrogen and oxygen atoms in total. The van der Waals surface area contributed by atoms with E-state index in [0.29, 0.717) is 11.7 Å². The van der Waals surface area contributed by atoms with Gasteiger partial charge in [0.15, 0.2) is 5.78 Å². The van der Waals surface area contributed by atoms with Gasteiger partial charge in [-0.3, -0.25) is 4.79 Å². The van der Waals surface area contributed by atoms with E-state index in [4.69, 9.17) is 0 Å². The molecule has 1 aliphatic carbocycles. The summed E-state index contributed by atoms with van der Waals surface area (Å²) in [4.78, 5) is 12.6. The molecule has 0 bridgehead atoms. The molecule has 0 unspecified atom stereocenters. The molecule has 0 spiro atoms. The fourth-order valence-corrected chi connectivity index (χ4v) is 3.02. The molecule has 2 rings (SSSR count). The van der Waals surface area contributed by atoms with E-state index in [1.165, 1.54) is 36.0 Å². The molecule has 0 N–H and O–H groups in total. The summed E-state index contributed by atoms with van der Waals surface area (Å²) < 4.78 is 0. The molecule has 1 aromatic rings. The maximum atomic E-state index is 12.6. The van der Waals surface area contributed by atoms with Crippen molar-refractivity contribution in [1.29, 1.82) is 0 Å². The molecule has 0 aliphatic heterocycles. The highest BCUT2D eigenvalue weighted by Gasteiger charge is 2.24. The van der Waals surface area contributed by atoms with Gasteiger partial charge in [-0.25, -0.2) is 0 Å². The first-order chi connectivity index (χ1) is 9.19. The second-order valence-electron chi connectivity index (χ2n) is 5.77. The van der Waals surface area contributed by atoms with Crippen LogP contribution in [0.4, 0.5) is 0 Å². The lowest BCUT2D eigenvalue weighted by Crippen LogP contribution is -2.18. The summed E-state index contributed by atoms with van der Waals surface area (Å²) in [6.07, 6.45) is 7.57. The van der Waals surface area contributed by atoms with Gasteiger partial charge in [-0.15, -0.1) is 0 Å². The topological polar surface area (TPSA) is 17.1 Å². The van der Waals surface area contributed by atoms with E-state index in [9.17, 15) is 4.79 Å². The fraction of sp³-hybridized carbons (Fsp3) is 0.611. The van der Waals surface area contributed by atoms with E-state index in [1.54, 1.807) is 0 Å². The van der Waals surface area contributed by atoms with E-state index in [0.717, 1.165) is 31.2 Å². The van der Waals surface area contributed by atoms with E-state index >= 15 is 0 Å². The highest BCUT2D eigenvalue weighted by molar-refractivity contribution is 5.99. The van der Waals surface area contributed by atoms with E-state index in [-0.39, 0.29) is 0 Å². The van der Waals surface area contributed by atoms with Gasteiger partial charge in [0.2, 0.25) is 0 Å². The average Bonchev–Trinajstić information content (AvgIpc) is 2.40. The number of hydrogen-bond acceptors (Lipinski definition) is 1. The van der Waals surface area contributed by atoms with Crippen LogP contribution in [0.2, 0.25) is 0 Å². The standard InChI is InChI=1S/C18H26O/c1-4-13-10-15(5-2)18(16(6-3)11-13)17(19)12-14-8-7-9-14/h10-11,14H,4-9,12H2,1-3H3. The smallest absolute Gasteiger partial charge is 0.163 e. The van der Waals surface area contributed by atoms with E-state index < -0.39 is 0 Å². The number of hydrogen-bond donors (Lipinski definition) is 0. The summed E-state index contributed by atoms with van der Waals surface area (Å²) in [5.41, 5.74) is 4.95. The lowest BCUT2D eigenvalue weighted by molar-refractivity contribution is 0.0934. The Labute approximate surface area is 117 Å². The molecule has 0 atom stereocenters. The van der Waals surface area contributed by atoms with E-state index in [2.05, 4.69) is 32.9 Å². The van der Waals surface area contributed by atoms with Gasteiger partial charge in [0.1, 0.15) is 0 Å². The van der Waals surface area contributed by atoms with Gasteiger partial charge in [-0.2, -0.15) is 0 Å². The number of carbonyl (C=O) groups excluding carboxylic acids is 1. The van der Waals surface area contributed by atoms with Crippen molar-refractivity contribution >= 4 is 5.78 Å². The zero-order valence-electron chi connectivity index (χ0n) is 12.6. The summed E-state index contributed by atoms with van der Waals surface area (Å²) in [6, 6.07) is 4.49. The van der Waals surface area contributed by atoms with Crippen LogP contribution < -0.4 is 0 Å². The molecule has 1 aromatic carbocycles. The molecule has 0 saturated heterocycles. The van der Waals surface area contributed by atoms with Crippen LogP contribution in [-0.4, -0.2) is 5.78 Å². The first-order valence-corrected chi connectivity index (χ1v) is 7.87. The maximum Gasteiger partial charge on any atom is 0.163 e. The van der Waals surface area contributed by atoms with Crippen LogP contribution in [0.3, 0.4) is 0 Å². The highest BCUT2D eigenvalue weighted by atomic mass is 16.1. The van der Waals surface area contributed by atoms with Gasteiger partial charge in [-0.1, -0.05) is 52.2 Å². The number of aryl methyl sites for hydroxylation is 3. The molecule has 19 heavy (non-hydrogen) atoms. The largest absolute Gasteiger partial charge is 0.294 e. The molecule has 1 saturated carbocycles. The van der Waals surface area contributed by atoms with Crippen molar-refractivity contribution in [3.05, 3.63) is 34.4 Å². The highest BCUT2D eigenvalue weighted by Crippen LogP contribution is 2.32. The second kappa shape index (κ2) is 6.36. The first-order valence-electron chi connectivity index (χ1n) is 7.87. The number of Topliss-reactive ketones (excluding diaryl/α,β-unsaturated/α-hetero) is 1. The lowest BCUT2D eigenvalue weighted by atomic mass is 9.79. The zero-order chi connectivity index (χ0) is 13.8. The number of benzene rings is 1. The van der Waals surface area contributed by atoms with Crippen LogP contribution in [0.1, 0.15) is 73.5 Å². The van der Waals surface area contributed by atoms with Gasteiger partial charge in [-0.05, 0) is 41.9 Å². The lowest BCUT2D eigenvalue weighted by Gasteiger charge is -2.25. The molecule has 1 heteroatoms. The quantitative estimate of drug-likeness (QED) is 0.673. The van der Waals surface area contributed by atoms with Crippen molar-refractivity contribution in [3.63, 3.8) is 0 Å². The van der Waals surface area contributed by atoms with Crippen molar-refractivity contribution in [3.8, 4) is 0 Å². The SMILES string of the molecule is CCc1cc(CC)c(C(=O)CC2CCC2)c(CC)c1. The third-order valence-corrected chi connectivity index (χ3v) is 4.51.